The van der Waals surface area contributed by atoms with Crippen molar-refractivity contribution < 1.29 is 9.53 Å². The number of carbonyl (C=O) groups excluding carboxylic acids is 1. The Labute approximate surface area is 190 Å². The fourth-order valence-electron chi connectivity index (χ4n) is 4.63. The average molecular weight is 435 g/mol. The van der Waals surface area contributed by atoms with Crippen LogP contribution in [0.1, 0.15) is 32.3 Å². The van der Waals surface area contributed by atoms with E-state index in [1.165, 1.54) is 5.57 Å². The number of para-hydroxylation sites is 1. The molecule has 3 atom stereocenters. The van der Waals surface area contributed by atoms with Gasteiger partial charge in [-0.05, 0) is 67.6 Å². The summed E-state index contributed by atoms with van der Waals surface area (Å²) in [5, 5.41) is 10.6. The van der Waals surface area contributed by atoms with E-state index >= 15 is 0 Å². The molecule has 2 aromatic rings. The summed E-state index contributed by atoms with van der Waals surface area (Å²) >= 11 is 0. The molecule has 2 aliphatic rings. The first kappa shape index (κ1) is 22.5. The highest BCUT2D eigenvalue weighted by Gasteiger charge is 2.38. The quantitative estimate of drug-likeness (QED) is 0.512. The first-order valence-electron chi connectivity index (χ1n) is 11.6. The zero-order chi connectivity index (χ0) is 22.5. The van der Waals surface area contributed by atoms with Gasteiger partial charge >= 0.3 is 0 Å². The molecule has 0 saturated carbocycles. The molecule has 6 heteroatoms. The van der Waals surface area contributed by atoms with Crippen molar-refractivity contribution in [2.24, 2.45) is 17.6 Å². The third-order valence-corrected chi connectivity index (χ3v) is 6.68. The van der Waals surface area contributed by atoms with Gasteiger partial charge in [-0.2, -0.15) is 0 Å². The lowest BCUT2D eigenvalue weighted by molar-refractivity contribution is -0.121. The Bertz CT molecular complexity index is 938. The van der Waals surface area contributed by atoms with Crippen molar-refractivity contribution in [1.29, 1.82) is 0 Å². The van der Waals surface area contributed by atoms with Crippen molar-refractivity contribution in [3.8, 4) is 11.5 Å². The molecule has 170 valence electrons. The van der Waals surface area contributed by atoms with Crippen LogP contribution in [0.25, 0.3) is 5.57 Å². The van der Waals surface area contributed by atoms with Gasteiger partial charge in [0, 0.05) is 19.1 Å². The highest BCUT2D eigenvalue weighted by Crippen LogP contribution is 2.33. The molecule has 6 nitrogen and oxygen atoms in total. The zero-order valence-electron chi connectivity index (χ0n) is 18.9. The fourth-order valence-corrected chi connectivity index (χ4v) is 4.63. The molecule has 0 spiro atoms. The molecule has 0 aliphatic carbocycles. The second kappa shape index (κ2) is 10.3. The van der Waals surface area contributed by atoms with Crippen LogP contribution in [0.5, 0.6) is 11.5 Å². The molecule has 0 aromatic heterocycles. The molecule has 5 N–H and O–H groups in total. The summed E-state index contributed by atoms with van der Waals surface area (Å²) < 4.78 is 5.95. The number of nitrogens with two attached hydrogens (primary N) is 1. The maximum atomic E-state index is 12.8. The van der Waals surface area contributed by atoms with E-state index in [4.69, 9.17) is 10.5 Å². The van der Waals surface area contributed by atoms with Crippen LogP contribution in [0, 0.1) is 11.8 Å². The standard InChI is InChI=1S/C26H34N4O2/c1-3-17(2)23(18-9-11-21(12-10-18)32-20-7-5-4-6-8-20)24(25(27)31)26-29-14-13-22(30-26)19-15-28-16-19/h4-12,19,22,24,26,28-30H,3,13-16H2,1-2H3,(H2,27,31). The minimum Gasteiger partial charge on any atom is -0.457 e. The van der Waals surface area contributed by atoms with Gasteiger partial charge in [0.15, 0.2) is 0 Å². The first-order chi connectivity index (χ1) is 15.6. The van der Waals surface area contributed by atoms with Crippen LogP contribution in [-0.4, -0.2) is 37.7 Å². The predicted molar refractivity (Wildman–Crippen MR) is 128 cm³/mol. The van der Waals surface area contributed by atoms with Crippen LogP contribution in [0.2, 0.25) is 0 Å². The maximum Gasteiger partial charge on any atom is 0.227 e. The van der Waals surface area contributed by atoms with Crippen LogP contribution in [-0.2, 0) is 4.79 Å². The van der Waals surface area contributed by atoms with Gasteiger partial charge in [0.1, 0.15) is 11.5 Å². The molecule has 2 heterocycles. The van der Waals surface area contributed by atoms with E-state index in [2.05, 4.69) is 29.8 Å². The largest absolute Gasteiger partial charge is 0.457 e. The lowest BCUT2D eigenvalue weighted by Crippen LogP contribution is -2.65. The summed E-state index contributed by atoms with van der Waals surface area (Å²) in [6, 6.07) is 18.1. The molecular weight excluding hydrogens is 400 g/mol. The summed E-state index contributed by atoms with van der Waals surface area (Å²) in [5.74, 6) is 1.40. The predicted octanol–water partition coefficient (Wildman–Crippen LogP) is 3.26. The van der Waals surface area contributed by atoms with Gasteiger partial charge in [-0.15, -0.1) is 0 Å². The second-order valence-corrected chi connectivity index (χ2v) is 8.78. The smallest absolute Gasteiger partial charge is 0.227 e. The molecule has 1 amide bonds. The molecule has 2 aliphatic heterocycles. The minimum atomic E-state index is -0.452. The van der Waals surface area contributed by atoms with E-state index in [0.717, 1.165) is 55.1 Å². The third kappa shape index (κ3) is 5.04. The maximum absolute atomic E-state index is 12.8. The number of primary amides is 1. The van der Waals surface area contributed by atoms with E-state index in [1.54, 1.807) is 0 Å². The number of carbonyl (C=O) groups is 1. The number of hydrogen-bond donors (Lipinski definition) is 4. The van der Waals surface area contributed by atoms with Crippen molar-refractivity contribution in [2.75, 3.05) is 19.6 Å². The summed E-state index contributed by atoms with van der Waals surface area (Å²) in [4.78, 5) is 12.8. The Morgan fingerprint density at radius 3 is 2.38 bits per heavy atom. The number of allylic oxidation sites excluding steroid dienone is 1. The summed E-state index contributed by atoms with van der Waals surface area (Å²) in [7, 11) is 0. The highest BCUT2D eigenvalue weighted by molar-refractivity contribution is 5.92. The van der Waals surface area contributed by atoms with Gasteiger partial charge in [0.05, 0.1) is 12.1 Å². The number of ether oxygens (including phenoxy) is 1. The van der Waals surface area contributed by atoms with E-state index in [1.807, 2.05) is 54.6 Å². The summed E-state index contributed by atoms with van der Waals surface area (Å²) in [6.07, 6.45) is 1.74. The summed E-state index contributed by atoms with van der Waals surface area (Å²) in [5.41, 5.74) is 9.18. The molecule has 3 unspecified atom stereocenters. The number of benzene rings is 2. The molecule has 4 rings (SSSR count). The monoisotopic (exact) mass is 434 g/mol. The fraction of sp³-hybridized carbons (Fsp3) is 0.423. The van der Waals surface area contributed by atoms with Crippen molar-refractivity contribution in [1.82, 2.24) is 16.0 Å². The van der Waals surface area contributed by atoms with Crippen LogP contribution in [0.4, 0.5) is 0 Å². The van der Waals surface area contributed by atoms with Crippen molar-refractivity contribution in [3.05, 3.63) is 65.7 Å². The zero-order valence-corrected chi connectivity index (χ0v) is 18.9. The number of rotatable bonds is 8. The van der Waals surface area contributed by atoms with Crippen molar-refractivity contribution in [3.63, 3.8) is 0 Å². The topological polar surface area (TPSA) is 88.4 Å². The van der Waals surface area contributed by atoms with Gasteiger partial charge < -0.3 is 21.1 Å². The number of amides is 1. The Morgan fingerprint density at radius 1 is 1.09 bits per heavy atom. The molecule has 32 heavy (non-hydrogen) atoms. The highest BCUT2D eigenvalue weighted by atomic mass is 16.5. The number of nitrogens with one attached hydrogen (secondary N) is 3. The molecule has 0 bridgehead atoms. The molecule has 2 fully saturated rings. The van der Waals surface area contributed by atoms with E-state index in [-0.39, 0.29) is 12.1 Å². The molecule has 2 saturated heterocycles. The second-order valence-electron chi connectivity index (χ2n) is 8.78. The van der Waals surface area contributed by atoms with E-state index in [9.17, 15) is 4.79 Å². The van der Waals surface area contributed by atoms with Gasteiger partial charge in [-0.25, -0.2) is 0 Å². The molecule has 0 radical (unpaired) electrons. The van der Waals surface area contributed by atoms with Gasteiger partial charge in [-0.3, -0.25) is 10.1 Å². The van der Waals surface area contributed by atoms with Crippen LogP contribution in [0.3, 0.4) is 0 Å². The van der Waals surface area contributed by atoms with E-state index < -0.39 is 5.92 Å². The van der Waals surface area contributed by atoms with Gasteiger partial charge in [-0.1, -0.05) is 42.8 Å². The Hall–Kier alpha value is -2.67. The lowest BCUT2D eigenvalue weighted by Gasteiger charge is -2.43. The van der Waals surface area contributed by atoms with E-state index in [0.29, 0.717) is 12.0 Å². The Balaban J connectivity index is 1.59. The summed E-state index contributed by atoms with van der Waals surface area (Å²) in [6.45, 7) is 7.15. The SMILES string of the molecule is CCC(C)=C(c1ccc(Oc2ccccc2)cc1)C(C(N)=O)C1NCCC(C2CNC2)N1. The van der Waals surface area contributed by atoms with Crippen molar-refractivity contribution in [2.45, 2.75) is 38.9 Å². The Kier molecular flexibility index (Phi) is 7.25. The van der Waals surface area contributed by atoms with Crippen LogP contribution in [0.15, 0.2) is 60.2 Å². The minimum absolute atomic E-state index is 0.177. The Morgan fingerprint density at radius 2 is 1.78 bits per heavy atom. The lowest BCUT2D eigenvalue weighted by atomic mass is 9.82. The molecular formula is C26H34N4O2. The normalized spacial score (nSPS) is 23.1. The van der Waals surface area contributed by atoms with Crippen molar-refractivity contribution >= 4 is 11.5 Å². The van der Waals surface area contributed by atoms with Gasteiger partial charge in [0.25, 0.3) is 0 Å². The molecule has 2 aromatic carbocycles. The number of hydrogen-bond acceptors (Lipinski definition) is 5. The van der Waals surface area contributed by atoms with Gasteiger partial charge in [0.2, 0.25) is 5.91 Å². The average Bonchev–Trinajstić information content (AvgIpc) is 2.77. The van der Waals surface area contributed by atoms with Crippen LogP contribution < -0.4 is 26.4 Å². The van der Waals surface area contributed by atoms with Crippen LogP contribution >= 0.6 is 0 Å². The first-order valence-corrected chi connectivity index (χ1v) is 11.6. The third-order valence-electron chi connectivity index (χ3n) is 6.68.